The molecule has 0 amide bonds. The lowest BCUT2D eigenvalue weighted by Crippen LogP contribution is -2.00. The van der Waals surface area contributed by atoms with Gasteiger partial charge >= 0.3 is 0 Å². The smallest absolute Gasteiger partial charge is 0.224 e. The van der Waals surface area contributed by atoms with Crippen LogP contribution in [0.25, 0.3) is 11.3 Å². The zero-order valence-corrected chi connectivity index (χ0v) is 14.1. The van der Waals surface area contributed by atoms with E-state index in [1.54, 1.807) is 19.1 Å². The molecule has 5 nitrogen and oxygen atoms in total. The topological polar surface area (TPSA) is 63.6 Å². The zero-order valence-electron chi connectivity index (χ0n) is 12.5. The van der Waals surface area contributed by atoms with Crippen molar-refractivity contribution in [2.45, 2.75) is 6.92 Å². The molecule has 3 aromatic rings. The standard InChI is InChI=1S/C16H11ClFN5S/c1-9-20-12(8-24)6-14(21-9)10-3-2-4-11(5-10)22-15-13(18)7-19-16(17)23-15/h2-8H,1H3,(H,19,22,23). The monoisotopic (exact) mass is 359 g/mol. The van der Waals surface area contributed by atoms with Gasteiger partial charge in [0.2, 0.25) is 5.28 Å². The van der Waals surface area contributed by atoms with Crippen molar-refractivity contribution in [1.82, 2.24) is 19.9 Å². The summed E-state index contributed by atoms with van der Waals surface area (Å²) in [7, 11) is 0. The Kier molecular flexibility index (Phi) is 4.73. The summed E-state index contributed by atoms with van der Waals surface area (Å²) in [6.07, 6.45) is 1.01. The van der Waals surface area contributed by atoms with Gasteiger partial charge in [-0.2, -0.15) is 4.98 Å². The van der Waals surface area contributed by atoms with E-state index in [0.29, 0.717) is 17.2 Å². The van der Waals surface area contributed by atoms with E-state index in [4.69, 9.17) is 23.8 Å². The molecule has 2 aromatic heterocycles. The minimum atomic E-state index is -0.592. The molecule has 0 aliphatic heterocycles. The maximum absolute atomic E-state index is 13.7. The first-order valence-corrected chi connectivity index (χ1v) is 7.76. The van der Waals surface area contributed by atoms with Crippen LogP contribution < -0.4 is 5.32 Å². The van der Waals surface area contributed by atoms with E-state index < -0.39 is 5.82 Å². The van der Waals surface area contributed by atoms with Crippen LogP contribution in [0.5, 0.6) is 0 Å². The quantitative estimate of drug-likeness (QED) is 0.558. The molecular formula is C16H11ClFN5S. The van der Waals surface area contributed by atoms with Crippen LogP contribution in [0.4, 0.5) is 15.9 Å². The highest BCUT2D eigenvalue weighted by atomic mass is 35.5. The normalized spacial score (nSPS) is 10.5. The summed E-state index contributed by atoms with van der Waals surface area (Å²) < 4.78 is 13.7. The lowest BCUT2D eigenvalue weighted by atomic mass is 10.1. The number of halogens is 2. The lowest BCUT2D eigenvalue weighted by Gasteiger charge is -2.09. The van der Waals surface area contributed by atoms with Crippen LogP contribution >= 0.6 is 23.8 Å². The third-order valence-electron chi connectivity index (χ3n) is 3.11. The molecule has 0 bridgehead atoms. The number of thiocarbonyl (C=S) groups is 1. The van der Waals surface area contributed by atoms with E-state index in [2.05, 4.69) is 25.3 Å². The van der Waals surface area contributed by atoms with E-state index in [-0.39, 0.29) is 11.1 Å². The molecule has 120 valence electrons. The van der Waals surface area contributed by atoms with Crippen LogP contribution in [-0.2, 0) is 0 Å². The number of rotatable bonds is 4. The number of anilines is 2. The molecular weight excluding hydrogens is 349 g/mol. The van der Waals surface area contributed by atoms with Gasteiger partial charge in [-0.05, 0) is 36.7 Å². The first-order valence-electron chi connectivity index (χ1n) is 6.91. The third-order valence-corrected chi connectivity index (χ3v) is 3.54. The first-order chi connectivity index (χ1) is 11.5. The van der Waals surface area contributed by atoms with Crippen LogP contribution in [0.15, 0.2) is 36.5 Å². The highest BCUT2D eigenvalue weighted by Gasteiger charge is 2.08. The maximum atomic E-state index is 13.7. The minimum Gasteiger partial charge on any atom is -0.338 e. The maximum Gasteiger partial charge on any atom is 0.224 e. The predicted octanol–water partition coefficient (Wildman–Crippen LogP) is 4.13. The molecule has 0 saturated carbocycles. The van der Waals surface area contributed by atoms with E-state index in [9.17, 15) is 4.39 Å². The van der Waals surface area contributed by atoms with Crippen molar-refractivity contribution in [2.24, 2.45) is 0 Å². The van der Waals surface area contributed by atoms with E-state index >= 15 is 0 Å². The Hall–Kier alpha value is -2.51. The number of benzene rings is 1. The van der Waals surface area contributed by atoms with Crippen LogP contribution in [-0.4, -0.2) is 25.3 Å². The van der Waals surface area contributed by atoms with Crippen LogP contribution in [0.3, 0.4) is 0 Å². The Morgan fingerprint density at radius 2 is 2.04 bits per heavy atom. The number of aryl methyl sites for hydroxylation is 1. The number of hydrogen-bond acceptors (Lipinski definition) is 6. The first kappa shape index (κ1) is 16.4. The van der Waals surface area contributed by atoms with Gasteiger partial charge in [-0.1, -0.05) is 24.4 Å². The molecule has 2 heterocycles. The molecule has 8 heteroatoms. The summed E-state index contributed by atoms with van der Waals surface area (Å²) >= 11 is 10.6. The number of hydrogen-bond donors (Lipinski definition) is 1. The van der Waals surface area contributed by atoms with Gasteiger partial charge in [0.25, 0.3) is 0 Å². The summed E-state index contributed by atoms with van der Waals surface area (Å²) in [5.74, 6) is 0.0341. The van der Waals surface area contributed by atoms with Gasteiger partial charge in [-0.15, -0.1) is 0 Å². The Bertz CT molecular complexity index is 919. The van der Waals surface area contributed by atoms with Gasteiger partial charge in [0.1, 0.15) is 5.82 Å². The fourth-order valence-corrected chi connectivity index (χ4v) is 2.38. The van der Waals surface area contributed by atoms with Gasteiger partial charge in [-0.3, -0.25) is 0 Å². The van der Waals surface area contributed by atoms with E-state index in [1.165, 1.54) is 5.37 Å². The van der Waals surface area contributed by atoms with Crippen molar-refractivity contribution in [3.05, 3.63) is 59.1 Å². The fraction of sp³-hybridized carbons (Fsp3) is 0.0625. The number of nitrogens with one attached hydrogen (secondary N) is 1. The van der Waals surface area contributed by atoms with Crippen molar-refractivity contribution < 1.29 is 4.39 Å². The average Bonchev–Trinajstić information content (AvgIpc) is 2.58. The molecule has 0 radical (unpaired) electrons. The molecule has 1 N–H and O–H groups in total. The van der Waals surface area contributed by atoms with E-state index in [0.717, 1.165) is 17.5 Å². The van der Waals surface area contributed by atoms with Gasteiger partial charge in [0.05, 0.1) is 17.6 Å². The largest absolute Gasteiger partial charge is 0.338 e. The molecule has 1 aromatic carbocycles. The minimum absolute atomic E-state index is 0.00518. The Morgan fingerprint density at radius 3 is 2.83 bits per heavy atom. The van der Waals surface area contributed by atoms with Crippen LogP contribution in [0, 0.1) is 12.7 Å². The fourth-order valence-electron chi connectivity index (χ4n) is 2.13. The van der Waals surface area contributed by atoms with Gasteiger partial charge in [-0.25, -0.2) is 19.3 Å². The number of nitrogens with zero attached hydrogens (tertiary/aromatic N) is 4. The Labute approximate surface area is 148 Å². The molecule has 0 spiro atoms. The summed E-state index contributed by atoms with van der Waals surface area (Å²) in [6, 6.07) is 9.12. The summed E-state index contributed by atoms with van der Waals surface area (Å²) in [4.78, 5) is 16.0. The lowest BCUT2D eigenvalue weighted by molar-refractivity contribution is 0.619. The second-order valence-electron chi connectivity index (χ2n) is 4.88. The molecule has 0 saturated heterocycles. The van der Waals surface area contributed by atoms with Crippen molar-refractivity contribution in [2.75, 3.05) is 5.32 Å². The van der Waals surface area contributed by atoms with Crippen molar-refractivity contribution in [1.29, 1.82) is 0 Å². The second-order valence-corrected chi connectivity index (χ2v) is 5.46. The molecule has 0 atom stereocenters. The Balaban J connectivity index is 1.96. The van der Waals surface area contributed by atoms with Crippen molar-refractivity contribution in [3.8, 4) is 11.3 Å². The van der Waals surface area contributed by atoms with E-state index in [1.807, 2.05) is 18.2 Å². The molecule has 24 heavy (non-hydrogen) atoms. The average molecular weight is 360 g/mol. The molecule has 0 aliphatic carbocycles. The van der Waals surface area contributed by atoms with Crippen LogP contribution in [0.1, 0.15) is 11.5 Å². The van der Waals surface area contributed by atoms with Crippen molar-refractivity contribution >= 4 is 40.7 Å². The highest BCUT2D eigenvalue weighted by Crippen LogP contribution is 2.24. The third kappa shape index (κ3) is 3.69. The molecule has 0 unspecified atom stereocenters. The van der Waals surface area contributed by atoms with Crippen molar-refractivity contribution in [3.63, 3.8) is 0 Å². The van der Waals surface area contributed by atoms with Crippen LogP contribution in [0.2, 0.25) is 5.28 Å². The summed E-state index contributed by atoms with van der Waals surface area (Å²) in [5.41, 5.74) is 2.87. The molecule has 0 fully saturated rings. The van der Waals surface area contributed by atoms with Gasteiger partial charge in [0.15, 0.2) is 11.6 Å². The predicted molar refractivity (Wildman–Crippen MR) is 95.2 cm³/mol. The van der Waals surface area contributed by atoms with Gasteiger partial charge in [0, 0.05) is 16.6 Å². The van der Waals surface area contributed by atoms with Gasteiger partial charge < -0.3 is 5.32 Å². The highest BCUT2D eigenvalue weighted by molar-refractivity contribution is 7.79. The summed E-state index contributed by atoms with van der Waals surface area (Å²) in [5, 5.41) is 4.35. The molecule has 0 aliphatic rings. The summed E-state index contributed by atoms with van der Waals surface area (Å²) in [6.45, 7) is 1.80. The second kappa shape index (κ2) is 6.94. The SMILES string of the molecule is Cc1nc(C=S)cc(-c2cccc(Nc3nc(Cl)ncc3F)c2)n1. The number of aromatic nitrogens is 4. The zero-order chi connectivity index (χ0) is 17.1. The molecule has 3 rings (SSSR count). The Morgan fingerprint density at radius 1 is 1.21 bits per heavy atom.